The van der Waals surface area contributed by atoms with Gasteiger partial charge >= 0.3 is 0 Å². The van der Waals surface area contributed by atoms with Gasteiger partial charge in [-0.2, -0.15) is 0 Å². The maximum absolute atomic E-state index is 12.9. The molecule has 0 bridgehead atoms. The second kappa shape index (κ2) is 6.73. The highest BCUT2D eigenvalue weighted by Gasteiger charge is 2.71. The minimum absolute atomic E-state index is 0.0205. The molecule has 0 amide bonds. The Kier molecular flexibility index (Phi) is 4.87. The molecule has 0 saturated heterocycles. The van der Waals surface area contributed by atoms with Crippen molar-refractivity contribution >= 4 is 5.78 Å². The van der Waals surface area contributed by atoms with Gasteiger partial charge < -0.3 is 5.11 Å². The molecule has 0 unspecified atom stereocenters. The Morgan fingerprint density at radius 3 is 2.28 bits per heavy atom. The summed E-state index contributed by atoms with van der Waals surface area (Å²) in [6.45, 7) is 19.4. The summed E-state index contributed by atoms with van der Waals surface area (Å²) in [6.07, 6.45) is 11.1. The van der Waals surface area contributed by atoms with Gasteiger partial charge in [-0.05, 0) is 97.7 Å². The third kappa shape index (κ3) is 2.55. The Morgan fingerprint density at radius 1 is 0.906 bits per heavy atom. The van der Waals surface area contributed by atoms with Crippen LogP contribution in [0.5, 0.6) is 0 Å². The topological polar surface area (TPSA) is 37.3 Å². The minimum Gasteiger partial charge on any atom is -0.393 e. The fraction of sp³-hybridized carbons (Fsp3) is 0.900. The van der Waals surface area contributed by atoms with Crippen LogP contribution in [0.2, 0.25) is 0 Å². The summed E-state index contributed by atoms with van der Waals surface area (Å²) in [5.74, 6) is 3.49. The highest BCUT2D eigenvalue weighted by Crippen LogP contribution is 2.76. The van der Waals surface area contributed by atoms with Crippen LogP contribution >= 0.6 is 0 Å². The van der Waals surface area contributed by atoms with E-state index in [4.69, 9.17) is 0 Å². The summed E-state index contributed by atoms with van der Waals surface area (Å²) in [4.78, 5) is 12.9. The standard InChI is InChI=1S/C30H48O2/c1-18-11-14-28(6)24(32)17-30(8)20(25(28)19(18)2)9-10-22-27(5)15-13-23(31)26(3,4)21(27)12-16-29(22,30)7/h11,19-22,24-25,32H,9-10,12-17H2,1-8H3/t19-,20-,21+,22-,24+,25-,27+,28-,29-,30-/m1/s1. The van der Waals surface area contributed by atoms with E-state index in [1.165, 1.54) is 25.7 Å². The molecule has 5 rings (SSSR count). The first-order valence-corrected chi connectivity index (χ1v) is 13.6. The maximum Gasteiger partial charge on any atom is 0.138 e. The molecule has 2 nitrogen and oxygen atoms in total. The van der Waals surface area contributed by atoms with E-state index in [0.717, 1.165) is 25.7 Å². The molecule has 0 aromatic rings. The number of aliphatic hydroxyl groups excluding tert-OH is 1. The van der Waals surface area contributed by atoms with Crippen molar-refractivity contribution in [2.24, 2.45) is 56.7 Å². The van der Waals surface area contributed by atoms with Gasteiger partial charge in [-0.15, -0.1) is 0 Å². The van der Waals surface area contributed by atoms with Gasteiger partial charge in [0.05, 0.1) is 6.10 Å². The Morgan fingerprint density at radius 2 is 1.59 bits per heavy atom. The average molecular weight is 441 g/mol. The summed E-state index contributed by atoms with van der Waals surface area (Å²) in [7, 11) is 0. The zero-order valence-corrected chi connectivity index (χ0v) is 22.1. The van der Waals surface area contributed by atoms with E-state index in [9.17, 15) is 9.90 Å². The molecule has 10 atom stereocenters. The highest BCUT2D eigenvalue weighted by atomic mass is 16.3. The summed E-state index contributed by atoms with van der Waals surface area (Å²) < 4.78 is 0. The second-order valence-corrected chi connectivity index (χ2v) is 14.5. The summed E-state index contributed by atoms with van der Waals surface area (Å²) in [5.41, 5.74) is 2.04. The van der Waals surface area contributed by atoms with Crippen molar-refractivity contribution in [3.63, 3.8) is 0 Å². The molecule has 5 aliphatic carbocycles. The molecule has 2 heteroatoms. The monoisotopic (exact) mass is 440 g/mol. The summed E-state index contributed by atoms with van der Waals surface area (Å²) in [5, 5.41) is 11.7. The molecule has 32 heavy (non-hydrogen) atoms. The zero-order valence-electron chi connectivity index (χ0n) is 22.1. The molecule has 0 aromatic heterocycles. The predicted molar refractivity (Wildman–Crippen MR) is 131 cm³/mol. The van der Waals surface area contributed by atoms with Gasteiger partial charge in [0.25, 0.3) is 0 Å². The molecule has 1 N–H and O–H groups in total. The van der Waals surface area contributed by atoms with Crippen molar-refractivity contribution in [2.75, 3.05) is 0 Å². The number of aliphatic hydroxyl groups is 1. The highest BCUT2D eigenvalue weighted by molar-refractivity contribution is 5.85. The van der Waals surface area contributed by atoms with Gasteiger partial charge in [-0.25, -0.2) is 0 Å². The first kappa shape index (κ1) is 23.1. The quantitative estimate of drug-likeness (QED) is 0.404. The number of fused-ring (bicyclic) bond motifs is 7. The summed E-state index contributed by atoms with van der Waals surface area (Å²) >= 11 is 0. The molecule has 0 aromatic carbocycles. The van der Waals surface area contributed by atoms with Crippen molar-refractivity contribution in [1.29, 1.82) is 0 Å². The van der Waals surface area contributed by atoms with Crippen molar-refractivity contribution in [1.82, 2.24) is 0 Å². The van der Waals surface area contributed by atoms with Gasteiger partial charge in [-0.3, -0.25) is 4.79 Å². The van der Waals surface area contributed by atoms with Crippen LogP contribution in [0.15, 0.2) is 11.6 Å². The Labute approximate surface area is 197 Å². The van der Waals surface area contributed by atoms with E-state index >= 15 is 0 Å². The lowest BCUT2D eigenvalue weighted by Gasteiger charge is -2.73. The number of rotatable bonds is 0. The van der Waals surface area contributed by atoms with Crippen LogP contribution < -0.4 is 0 Å². The molecular weight excluding hydrogens is 392 g/mol. The number of Topliss-reactive ketones (excluding diaryl/α,β-unsaturated/α-hetero) is 1. The molecule has 4 saturated carbocycles. The average Bonchev–Trinajstić information content (AvgIpc) is 2.70. The molecule has 0 aliphatic heterocycles. The van der Waals surface area contributed by atoms with Gasteiger partial charge in [0.15, 0.2) is 0 Å². The molecule has 4 fully saturated rings. The van der Waals surface area contributed by atoms with E-state index in [1.54, 1.807) is 5.57 Å². The summed E-state index contributed by atoms with van der Waals surface area (Å²) in [6, 6.07) is 0. The van der Waals surface area contributed by atoms with E-state index in [0.29, 0.717) is 35.4 Å². The van der Waals surface area contributed by atoms with Gasteiger partial charge in [-0.1, -0.05) is 60.1 Å². The minimum atomic E-state index is -0.217. The van der Waals surface area contributed by atoms with E-state index in [1.807, 2.05) is 0 Å². The van der Waals surface area contributed by atoms with Crippen LogP contribution in [0.4, 0.5) is 0 Å². The SMILES string of the molecule is CC1=CC[C@@]2(C)[C@H]([C@@H]1C)[C@H]1CC[C@@H]3[C@@]4(C)CCC(=O)C(C)(C)[C@@H]4CC[C@@]3(C)[C@]1(C)C[C@@H]2O. The third-order valence-corrected chi connectivity index (χ3v) is 13.4. The Hall–Kier alpha value is -0.630. The van der Waals surface area contributed by atoms with Crippen LogP contribution in [0.3, 0.4) is 0 Å². The zero-order chi connectivity index (χ0) is 23.5. The number of hydrogen-bond donors (Lipinski definition) is 1. The molecule has 0 spiro atoms. The van der Waals surface area contributed by atoms with Crippen LogP contribution in [0.1, 0.15) is 107 Å². The number of carbonyl (C=O) groups excluding carboxylic acids is 1. The normalized spacial score (nSPS) is 56.9. The Bertz CT molecular complexity index is 855. The van der Waals surface area contributed by atoms with Crippen molar-refractivity contribution < 1.29 is 9.90 Å². The molecule has 0 radical (unpaired) electrons. The number of ketones is 1. The van der Waals surface area contributed by atoms with Crippen LogP contribution in [-0.2, 0) is 4.79 Å². The molecule has 5 aliphatic rings. The lowest BCUT2D eigenvalue weighted by atomic mass is 9.31. The first-order chi connectivity index (χ1) is 14.7. The third-order valence-electron chi connectivity index (χ3n) is 13.4. The molecule has 0 heterocycles. The van der Waals surface area contributed by atoms with E-state index in [2.05, 4.69) is 61.5 Å². The second-order valence-electron chi connectivity index (χ2n) is 14.5. The van der Waals surface area contributed by atoms with E-state index < -0.39 is 0 Å². The molecule has 180 valence electrons. The van der Waals surface area contributed by atoms with Crippen LogP contribution in [0, 0.1) is 56.7 Å². The number of hydrogen-bond acceptors (Lipinski definition) is 2. The van der Waals surface area contributed by atoms with Crippen molar-refractivity contribution in [3.05, 3.63) is 11.6 Å². The fourth-order valence-corrected chi connectivity index (χ4v) is 11.1. The lowest BCUT2D eigenvalue weighted by molar-refractivity contribution is -0.257. The van der Waals surface area contributed by atoms with Crippen LogP contribution in [-0.4, -0.2) is 17.0 Å². The number of carbonyl (C=O) groups is 1. The smallest absolute Gasteiger partial charge is 0.138 e. The maximum atomic E-state index is 12.9. The Balaban J connectivity index is 1.58. The number of allylic oxidation sites excluding steroid dienone is 2. The van der Waals surface area contributed by atoms with Crippen LogP contribution in [0.25, 0.3) is 0 Å². The fourth-order valence-electron chi connectivity index (χ4n) is 11.1. The van der Waals surface area contributed by atoms with Crippen molar-refractivity contribution in [2.45, 2.75) is 113 Å². The van der Waals surface area contributed by atoms with Gasteiger partial charge in [0.2, 0.25) is 0 Å². The largest absolute Gasteiger partial charge is 0.393 e. The first-order valence-electron chi connectivity index (χ1n) is 13.6. The molecular formula is C30H48O2. The van der Waals surface area contributed by atoms with Gasteiger partial charge in [0, 0.05) is 17.3 Å². The van der Waals surface area contributed by atoms with E-state index in [-0.39, 0.29) is 33.2 Å². The lowest BCUT2D eigenvalue weighted by Crippen LogP contribution is -2.68. The predicted octanol–water partition coefficient (Wildman–Crippen LogP) is 7.20. The van der Waals surface area contributed by atoms with Gasteiger partial charge in [0.1, 0.15) is 5.78 Å². The van der Waals surface area contributed by atoms with Crippen molar-refractivity contribution in [3.8, 4) is 0 Å².